The largest absolute Gasteiger partial charge is 0.354 e. The summed E-state index contributed by atoms with van der Waals surface area (Å²) < 4.78 is 0. The van der Waals surface area contributed by atoms with Crippen LogP contribution in [-0.2, 0) is 0 Å². The molecular weight excluding hydrogens is 519 g/mol. The zero-order valence-electron chi connectivity index (χ0n) is 18.5. The van der Waals surface area contributed by atoms with Crippen molar-refractivity contribution in [3.8, 4) is 22.4 Å². The van der Waals surface area contributed by atoms with Gasteiger partial charge in [-0.05, 0) is 78.0 Å². The molecule has 0 radical (unpaired) electrons. The minimum atomic E-state index is -0.233. The number of para-hydroxylation sites is 1. The van der Waals surface area contributed by atoms with E-state index >= 15 is 0 Å². The van der Waals surface area contributed by atoms with Gasteiger partial charge in [-0.3, -0.25) is 4.79 Å². The number of carbonyl (C=O) groups excluding carboxylic acids is 1. The predicted octanol–water partition coefficient (Wildman–Crippen LogP) is 9.44. The summed E-state index contributed by atoms with van der Waals surface area (Å²) >= 11 is 20.5. The molecule has 3 nitrogen and oxygen atoms in total. The number of benzene rings is 4. The highest BCUT2D eigenvalue weighted by molar-refractivity contribution is 7.98. The van der Waals surface area contributed by atoms with E-state index in [1.165, 1.54) is 0 Å². The van der Waals surface area contributed by atoms with Gasteiger partial charge >= 0.3 is 0 Å². The van der Waals surface area contributed by atoms with Crippen LogP contribution >= 0.6 is 46.6 Å². The van der Waals surface area contributed by atoms with Gasteiger partial charge < -0.3 is 10.3 Å². The smallest absolute Gasteiger partial charge is 0.256 e. The molecule has 174 valence electrons. The number of aromatic amines is 1. The number of nitrogens with one attached hydrogen (secondary N) is 2. The number of rotatable bonds is 5. The molecule has 1 heterocycles. The predicted molar refractivity (Wildman–Crippen MR) is 150 cm³/mol. The fourth-order valence-corrected chi connectivity index (χ4v) is 4.93. The van der Waals surface area contributed by atoms with Crippen molar-refractivity contribution in [2.45, 2.75) is 4.90 Å². The van der Waals surface area contributed by atoms with Gasteiger partial charge in [0.1, 0.15) is 0 Å². The van der Waals surface area contributed by atoms with E-state index in [1.54, 1.807) is 36.0 Å². The quantitative estimate of drug-likeness (QED) is 0.219. The van der Waals surface area contributed by atoms with Gasteiger partial charge in [0, 0.05) is 38.3 Å². The van der Waals surface area contributed by atoms with Crippen LogP contribution in [0.4, 0.5) is 5.69 Å². The zero-order chi connectivity index (χ0) is 24.5. The zero-order valence-corrected chi connectivity index (χ0v) is 21.6. The minimum Gasteiger partial charge on any atom is -0.354 e. The van der Waals surface area contributed by atoms with E-state index in [0.29, 0.717) is 26.3 Å². The number of anilines is 1. The minimum absolute atomic E-state index is 0.233. The maximum absolute atomic E-state index is 13.4. The van der Waals surface area contributed by atoms with E-state index in [4.69, 9.17) is 34.8 Å². The van der Waals surface area contributed by atoms with Crippen molar-refractivity contribution in [3.63, 3.8) is 0 Å². The fraction of sp³-hybridized carbons (Fsp3) is 0.0357. The molecule has 5 rings (SSSR count). The molecule has 4 aromatic carbocycles. The van der Waals surface area contributed by atoms with E-state index in [2.05, 4.69) is 10.3 Å². The summed E-state index contributed by atoms with van der Waals surface area (Å²) in [4.78, 5) is 17.8. The summed E-state index contributed by atoms with van der Waals surface area (Å²) in [6.45, 7) is 0. The van der Waals surface area contributed by atoms with Gasteiger partial charge in [-0.1, -0.05) is 59.1 Å². The van der Waals surface area contributed by atoms with Gasteiger partial charge in [0.25, 0.3) is 5.91 Å². The van der Waals surface area contributed by atoms with Crippen molar-refractivity contribution in [2.24, 2.45) is 0 Å². The topological polar surface area (TPSA) is 44.9 Å². The summed E-state index contributed by atoms with van der Waals surface area (Å²) in [7, 11) is 0. The highest BCUT2D eigenvalue weighted by atomic mass is 35.5. The first kappa shape index (κ1) is 23.8. The number of aromatic nitrogens is 1. The summed E-state index contributed by atoms with van der Waals surface area (Å²) in [5, 5.41) is 5.61. The summed E-state index contributed by atoms with van der Waals surface area (Å²) in [5.41, 5.74) is 5.47. The number of halogens is 3. The number of hydrogen-bond donors (Lipinski definition) is 2. The standard InChI is InChI=1S/C28H19Cl3N2OS/c1-35-19-8-9-20(21(15-19)16-6-10-24(30)25(31)12-16)28(34)32-18-7-11-23(29)22(14-18)27-13-17-4-2-3-5-26(17)33-27/h2-15,33H,1H3,(H,32,34). The monoisotopic (exact) mass is 536 g/mol. The lowest BCUT2D eigenvalue weighted by Gasteiger charge is -2.14. The third-order valence-corrected chi connectivity index (χ3v) is 7.54. The first-order valence-corrected chi connectivity index (χ1v) is 13.1. The Morgan fingerprint density at radius 1 is 0.800 bits per heavy atom. The molecule has 0 unspecified atom stereocenters. The van der Waals surface area contributed by atoms with E-state index < -0.39 is 0 Å². The van der Waals surface area contributed by atoms with Crippen molar-refractivity contribution < 1.29 is 4.79 Å². The summed E-state index contributed by atoms with van der Waals surface area (Å²) in [5.74, 6) is -0.233. The summed E-state index contributed by atoms with van der Waals surface area (Å²) in [6.07, 6.45) is 1.99. The maximum Gasteiger partial charge on any atom is 0.256 e. The van der Waals surface area contributed by atoms with Crippen LogP contribution < -0.4 is 5.32 Å². The Kier molecular flexibility index (Phi) is 6.81. The lowest BCUT2D eigenvalue weighted by atomic mass is 9.99. The third kappa shape index (κ3) is 4.93. The van der Waals surface area contributed by atoms with E-state index in [0.717, 1.165) is 38.2 Å². The Hall–Kier alpha value is -2.89. The van der Waals surface area contributed by atoms with Gasteiger partial charge in [0.15, 0.2) is 0 Å². The normalized spacial score (nSPS) is 11.1. The van der Waals surface area contributed by atoms with Crippen LogP contribution in [0.15, 0.2) is 89.8 Å². The Morgan fingerprint density at radius 3 is 2.37 bits per heavy atom. The molecule has 0 aliphatic heterocycles. The Bertz CT molecular complexity index is 1550. The first-order valence-electron chi connectivity index (χ1n) is 10.8. The number of amides is 1. The van der Waals surface area contributed by atoms with Crippen LogP contribution in [0.5, 0.6) is 0 Å². The lowest BCUT2D eigenvalue weighted by molar-refractivity contribution is 0.102. The second-order valence-corrected chi connectivity index (χ2v) is 10.1. The van der Waals surface area contributed by atoms with Crippen molar-refractivity contribution in [3.05, 3.63) is 106 Å². The maximum atomic E-state index is 13.4. The first-order chi connectivity index (χ1) is 16.9. The molecule has 0 fully saturated rings. The molecule has 35 heavy (non-hydrogen) atoms. The number of fused-ring (bicyclic) bond motifs is 1. The Balaban J connectivity index is 1.50. The van der Waals surface area contributed by atoms with Gasteiger partial charge in [-0.15, -0.1) is 11.8 Å². The Morgan fingerprint density at radius 2 is 1.60 bits per heavy atom. The number of thioether (sulfide) groups is 1. The van der Waals surface area contributed by atoms with Crippen LogP contribution in [0.1, 0.15) is 10.4 Å². The van der Waals surface area contributed by atoms with Crippen LogP contribution in [0.2, 0.25) is 15.1 Å². The molecule has 7 heteroatoms. The van der Waals surface area contributed by atoms with Gasteiger partial charge in [-0.2, -0.15) is 0 Å². The van der Waals surface area contributed by atoms with Crippen molar-refractivity contribution in [1.82, 2.24) is 4.98 Å². The van der Waals surface area contributed by atoms with Crippen LogP contribution in [-0.4, -0.2) is 17.1 Å². The number of carbonyl (C=O) groups is 1. The highest BCUT2D eigenvalue weighted by Gasteiger charge is 2.16. The van der Waals surface area contributed by atoms with Crippen molar-refractivity contribution in [1.29, 1.82) is 0 Å². The van der Waals surface area contributed by atoms with Gasteiger partial charge in [0.2, 0.25) is 0 Å². The molecule has 0 atom stereocenters. The van der Waals surface area contributed by atoms with E-state index in [9.17, 15) is 4.79 Å². The van der Waals surface area contributed by atoms with E-state index in [1.807, 2.05) is 66.9 Å². The highest BCUT2D eigenvalue weighted by Crippen LogP contribution is 2.35. The number of hydrogen-bond acceptors (Lipinski definition) is 2. The molecule has 0 aliphatic carbocycles. The SMILES string of the molecule is CSc1ccc(C(=O)Nc2ccc(Cl)c(-c3cc4ccccc4[nH]3)c2)c(-c2ccc(Cl)c(Cl)c2)c1. The molecule has 0 aliphatic rings. The van der Waals surface area contributed by atoms with Crippen molar-refractivity contribution >= 4 is 69.1 Å². The second-order valence-electron chi connectivity index (χ2n) is 7.96. The molecule has 1 aromatic heterocycles. The average Bonchev–Trinajstić information content (AvgIpc) is 3.30. The van der Waals surface area contributed by atoms with Gasteiger partial charge in [-0.25, -0.2) is 0 Å². The van der Waals surface area contributed by atoms with Crippen molar-refractivity contribution in [2.75, 3.05) is 11.6 Å². The van der Waals surface area contributed by atoms with Crippen LogP contribution in [0.25, 0.3) is 33.3 Å². The summed E-state index contributed by atoms with van der Waals surface area (Å²) in [6, 6.07) is 26.6. The average molecular weight is 538 g/mol. The fourth-order valence-electron chi connectivity index (χ4n) is 3.98. The molecule has 5 aromatic rings. The molecule has 0 saturated heterocycles. The van der Waals surface area contributed by atoms with E-state index in [-0.39, 0.29) is 5.91 Å². The second kappa shape index (κ2) is 10.00. The molecule has 1 amide bonds. The molecule has 0 spiro atoms. The molecule has 0 bridgehead atoms. The lowest BCUT2D eigenvalue weighted by Crippen LogP contribution is -2.13. The van der Waals surface area contributed by atoms with Crippen LogP contribution in [0, 0.1) is 0 Å². The third-order valence-electron chi connectivity index (χ3n) is 5.75. The Labute approximate surface area is 222 Å². The number of H-pyrrole nitrogens is 1. The molecule has 0 saturated carbocycles. The van der Waals surface area contributed by atoms with Gasteiger partial charge in [0.05, 0.1) is 15.1 Å². The van der Waals surface area contributed by atoms with Crippen LogP contribution in [0.3, 0.4) is 0 Å². The molecule has 2 N–H and O–H groups in total. The molecular formula is C28H19Cl3N2OS.